The summed E-state index contributed by atoms with van der Waals surface area (Å²) in [7, 11) is 0. The summed E-state index contributed by atoms with van der Waals surface area (Å²) in [5.41, 5.74) is 6.18. The van der Waals surface area contributed by atoms with E-state index in [1.807, 2.05) is 12.1 Å². The number of hydrogen-bond acceptors (Lipinski definition) is 3. The molecule has 1 saturated heterocycles. The lowest BCUT2D eigenvalue weighted by Gasteiger charge is -2.30. The van der Waals surface area contributed by atoms with Gasteiger partial charge in [-0.15, -0.1) is 0 Å². The van der Waals surface area contributed by atoms with E-state index >= 15 is 0 Å². The average molecular weight is 247 g/mol. The summed E-state index contributed by atoms with van der Waals surface area (Å²) in [5, 5.41) is 0. The maximum absolute atomic E-state index is 12.0. The van der Waals surface area contributed by atoms with Gasteiger partial charge in [-0.05, 0) is 24.5 Å². The van der Waals surface area contributed by atoms with Crippen LogP contribution in [0.4, 0.5) is 0 Å². The van der Waals surface area contributed by atoms with Gasteiger partial charge in [-0.2, -0.15) is 0 Å². The molecule has 1 aliphatic heterocycles. The van der Waals surface area contributed by atoms with Gasteiger partial charge in [-0.25, -0.2) is 0 Å². The van der Waals surface area contributed by atoms with Crippen LogP contribution in [0.15, 0.2) is 24.5 Å². The van der Waals surface area contributed by atoms with Gasteiger partial charge in [-0.3, -0.25) is 14.6 Å². The van der Waals surface area contributed by atoms with Gasteiger partial charge in [0.2, 0.25) is 11.8 Å². The van der Waals surface area contributed by atoms with Crippen LogP contribution in [0.25, 0.3) is 0 Å². The molecule has 1 aromatic rings. The third-order valence-electron chi connectivity index (χ3n) is 3.33. The predicted octanol–water partition coefficient (Wildman–Crippen LogP) is 0.348. The zero-order valence-corrected chi connectivity index (χ0v) is 10.2. The highest BCUT2D eigenvalue weighted by Gasteiger charge is 2.25. The van der Waals surface area contributed by atoms with Crippen molar-refractivity contribution in [2.24, 2.45) is 11.7 Å². The molecule has 0 spiro atoms. The van der Waals surface area contributed by atoms with Gasteiger partial charge in [0.25, 0.3) is 0 Å². The Morgan fingerprint density at radius 3 is 2.67 bits per heavy atom. The Morgan fingerprint density at radius 1 is 1.39 bits per heavy atom. The molecule has 96 valence electrons. The van der Waals surface area contributed by atoms with Crippen LogP contribution < -0.4 is 5.73 Å². The Labute approximate surface area is 106 Å². The molecule has 1 aromatic heterocycles. The van der Waals surface area contributed by atoms with E-state index < -0.39 is 0 Å². The molecule has 2 heterocycles. The van der Waals surface area contributed by atoms with Gasteiger partial charge in [0.05, 0.1) is 6.42 Å². The van der Waals surface area contributed by atoms with Crippen LogP contribution >= 0.6 is 0 Å². The summed E-state index contributed by atoms with van der Waals surface area (Å²) < 4.78 is 0. The molecule has 0 aliphatic carbocycles. The predicted molar refractivity (Wildman–Crippen MR) is 66.4 cm³/mol. The molecule has 0 saturated carbocycles. The van der Waals surface area contributed by atoms with Crippen LogP contribution in [0.2, 0.25) is 0 Å². The van der Waals surface area contributed by atoms with Gasteiger partial charge in [-0.1, -0.05) is 6.07 Å². The Morgan fingerprint density at radius 2 is 2.11 bits per heavy atom. The maximum atomic E-state index is 12.0. The van der Waals surface area contributed by atoms with Gasteiger partial charge in [0, 0.05) is 31.4 Å². The van der Waals surface area contributed by atoms with Crippen molar-refractivity contribution >= 4 is 11.8 Å². The zero-order valence-electron chi connectivity index (χ0n) is 10.2. The van der Waals surface area contributed by atoms with Gasteiger partial charge in [0.15, 0.2) is 0 Å². The number of nitrogens with two attached hydrogens (primary N) is 1. The third-order valence-corrected chi connectivity index (χ3v) is 3.33. The Balaban J connectivity index is 1.86. The molecule has 2 rings (SSSR count). The minimum Gasteiger partial charge on any atom is -0.369 e. The highest BCUT2D eigenvalue weighted by Crippen LogP contribution is 2.17. The standard InChI is InChI=1S/C13H17N3O2/c14-13(18)11-3-6-16(7-4-11)12(17)8-10-2-1-5-15-9-10/h1-2,5,9,11H,3-4,6-8H2,(H2,14,18). The minimum atomic E-state index is -0.255. The normalized spacial score (nSPS) is 16.6. The van der Waals surface area contributed by atoms with Crippen molar-refractivity contribution in [1.82, 2.24) is 9.88 Å². The molecule has 2 amide bonds. The second-order valence-corrected chi connectivity index (χ2v) is 4.60. The minimum absolute atomic E-state index is 0.0764. The monoisotopic (exact) mass is 247 g/mol. The summed E-state index contributed by atoms with van der Waals surface area (Å²) in [6.07, 6.45) is 5.11. The van der Waals surface area contributed by atoms with E-state index in [9.17, 15) is 9.59 Å². The molecule has 0 unspecified atom stereocenters. The molecule has 5 heteroatoms. The van der Waals surface area contributed by atoms with Crippen molar-refractivity contribution in [3.05, 3.63) is 30.1 Å². The first kappa shape index (κ1) is 12.5. The van der Waals surface area contributed by atoms with Crippen LogP contribution in [-0.4, -0.2) is 34.8 Å². The van der Waals surface area contributed by atoms with Crippen LogP contribution in [0.3, 0.4) is 0 Å². The molecule has 1 fully saturated rings. The molecule has 2 N–H and O–H groups in total. The number of piperidine rings is 1. The number of amides is 2. The number of carbonyl (C=O) groups is 2. The van der Waals surface area contributed by atoms with E-state index in [1.165, 1.54) is 0 Å². The first-order valence-electron chi connectivity index (χ1n) is 6.13. The van der Waals surface area contributed by atoms with Crippen LogP contribution in [0, 0.1) is 5.92 Å². The summed E-state index contributed by atoms with van der Waals surface area (Å²) in [6.45, 7) is 1.24. The van der Waals surface area contributed by atoms with Crippen LogP contribution in [0.5, 0.6) is 0 Å². The van der Waals surface area contributed by atoms with Gasteiger partial charge in [0.1, 0.15) is 0 Å². The van der Waals surface area contributed by atoms with Gasteiger partial charge >= 0.3 is 0 Å². The third kappa shape index (κ3) is 3.06. The van der Waals surface area contributed by atoms with E-state index in [2.05, 4.69) is 4.98 Å². The SMILES string of the molecule is NC(=O)C1CCN(C(=O)Cc2cccnc2)CC1. The Kier molecular flexibility index (Phi) is 3.92. The first-order chi connectivity index (χ1) is 8.66. The van der Waals surface area contributed by atoms with E-state index in [4.69, 9.17) is 5.73 Å². The molecule has 0 atom stereocenters. The Hall–Kier alpha value is -1.91. The number of pyridine rings is 1. The fraction of sp³-hybridized carbons (Fsp3) is 0.462. The lowest BCUT2D eigenvalue weighted by molar-refractivity contribution is -0.134. The second kappa shape index (κ2) is 5.62. The van der Waals surface area contributed by atoms with E-state index in [0.29, 0.717) is 32.4 Å². The highest BCUT2D eigenvalue weighted by molar-refractivity contribution is 5.80. The fourth-order valence-electron chi connectivity index (χ4n) is 2.20. The topological polar surface area (TPSA) is 76.3 Å². The van der Waals surface area contributed by atoms with E-state index in [1.54, 1.807) is 17.3 Å². The number of primary amides is 1. The molecule has 5 nitrogen and oxygen atoms in total. The first-order valence-corrected chi connectivity index (χ1v) is 6.13. The maximum Gasteiger partial charge on any atom is 0.227 e. The molecule has 1 aliphatic rings. The van der Waals surface area contributed by atoms with Crippen molar-refractivity contribution in [2.45, 2.75) is 19.3 Å². The number of hydrogen-bond donors (Lipinski definition) is 1. The molecular weight excluding hydrogens is 230 g/mol. The summed E-state index contributed by atoms with van der Waals surface area (Å²) in [6, 6.07) is 3.71. The average Bonchev–Trinajstić information content (AvgIpc) is 2.40. The summed E-state index contributed by atoms with van der Waals surface area (Å²) in [4.78, 5) is 28.8. The van der Waals surface area contributed by atoms with E-state index in [0.717, 1.165) is 5.56 Å². The van der Waals surface area contributed by atoms with E-state index in [-0.39, 0.29) is 17.7 Å². The van der Waals surface area contributed by atoms with Crippen LogP contribution in [0.1, 0.15) is 18.4 Å². The largest absolute Gasteiger partial charge is 0.369 e. The smallest absolute Gasteiger partial charge is 0.227 e. The number of likely N-dealkylation sites (tertiary alicyclic amines) is 1. The lowest BCUT2D eigenvalue weighted by atomic mass is 9.96. The number of carbonyl (C=O) groups excluding carboxylic acids is 2. The summed E-state index contributed by atoms with van der Waals surface area (Å²) >= 11 is 0. The fourth-order valence-corrected chi connectivity index (χ4v) is 2.20. The number of aromatic nitrogens is 1. The number of nitrogens with zero attached hydrogens (tertiary/aromatic N) is 2. The van der Waals surface area contributed by atoms with Gasteiger partial charge < -0.3 is 10.6 Å². The highest BCUT2D eigenvalue weighted by atomic mass is 16.2. The van der Waals surface area contributed by atoms with Crippen molar-refractivity contribution in [3.63, 3.8) is 0 Å². The molecule has 0 bridgehead atoms. The zero-order chi connectivity index (χ0) is 13.0. The van der Waals surface area contributed by atoms with Crippen molar-refractivity contribution in [2.75, 3.05) is 13.1 Å². The number of rotatable bonds is 3. The molecule has 0 aromatic carbocycles. The van der Waals surface area contributed by atoms with Crippen molar-refractivity contribution in [3.8, 4) is 0 Å². The quantitative estimate of drug-likeness (QED) is 0.837. The second-order valence-electron chi connectivity index (χ2n) is 4.60. The van der Waals surface area contributed by atoms with Crippen molar-refractivity contribution in [1.29, 1.82) is 0 Å². The summed E-state index contributed by atoms with van der Waals surface area (Å²) in [5.74, 6) is -0.243. The molecule has 0 radical (unpaired) electrons. The Bertz CT molecular complexity index is 425. The molecule has 18 heavy (non-hydrogen) atoms. The molecular formula is C13H17N3O2. The lowest BCUT2D eigenvalue weighted by Crippen LogP contribution is -2.42. The van der Waals surface area contributed by atoms with Crippen molar-refractivity contribution < 1.29 is 9.59 Å². The van der Waals surface area contributed by atoms with Crippen LogP contribution in [-0.2, 0) is 16.0 Å².